The Morgan fingerprint density at radius 2 is 2.36 bits per heavy atom. The van der Waals surface area contributed by atoms with Crippen LogP contribution < -0.4 is 5.32 Å². The summed E-state index contributed by atoms with van der Waals surface area (Å²) >= 11 is 1.67. The molecule has 0 aromatic carbocycles. The van der Waals surface area contributed by atoms with Crippen LogP contribution in [0, 0.1) is 0 Å². The number of nitrogens with zero attached hydrogens (tertiary/aromatic N) is 1. The van der Waals surface area contributed by atoms with Gasteiger partial charge in [-0.3, -0.25) is 4.99 Å². The Labute approximate surface area is 89.5 Å². The van der Waals surface area contributed by atoms with Gasteiger partial charge in [-0.25, -0.2) is 8.42 Å². The van der Waals surface area contributed by atoms with Gasteiger partial charge in [0.25, 0.3) is 0 Å². The summed E-state index contributed by atoms with van der Waals surface area (Å²) in [7, 11) is -2.85. The predicted molar refractivity (Wildman–Crippen MR) is 61.7 cm³/mol. The van der Waals surface area contributed by atoms with Gasteiger partial charge in [-0.1, -0.05) is 18.7 Å². The van der Waals surface area contributed by atoms with Gasteiger partial charge in [0.05, 0.1) is 5.75 Å². The first kappa shape index (κ1) is 11.8. The zero-order chi connectivity index (χ0) is 10.4. The van der Waals surface area contributed by atoms with Crippen LogP contribution in [0.15, 0.2) is 4.99 Å². The molecule has 0 bridgehead atoms. The molecule has 14 heavy (non-hydrogen) atoms. The van der Waals surface area contributed by atoms with Crippen LogP contribution in [0.2, 0.25) is 0 Å². The Bertz CT molecular complexity index is 298. The first-order chi connectivity index (χ1) is 6.64. The Morgan fingerprint density at radius 1 is 1.57 bits per heavy atom. The summed E-state index contributed by atoms with van der Waals surface area (Å²) in [5.41, 5.74) is 0. The topological polar surface area (TPSA) is 58.5 Å². The first-order valence-corrected chi connectivity index (χ1v) is 7.56. The number of aliphatic imine (C=N–C) groups is 1. The molecule has 1 heterocycles. The molecule has 6 heteroatoms. The molecule has 0 aromatic heterocycles. The van der Waals surface area contributed by atoms with Crippen molar-refractivity contribution in [3.8, 4) is 0 Å². The largest absolute Gasteiger partial charge is 0.364 e. The Hall–Kier alpha value is -0.230. The van der Waals surface area contributed by atoms with Gasteiger partial charge in [-0.05, 0) is 6.42 Å². The van der Waals surface area contributed by atoms with Crippen LogP contribution in [-0.4, -0.2) is 43.9 Å². The zero-order valence-corrected chi connectivity index (χ0v) is 9.96. The highest BCUT2D eigenvalue weighted by atomic mass is 32.2. The summed E-state index contributed by atoms with van der Waals surface area (Å²) in [6, 6.07) is 0. The van der Waals surface area contributed by atoms with Crippen molar-refractivity contribution >= 4 is 26.8 Å². The van der Waals surface area contributed by atoms with Crippen LogP contribution in [0.3, 0.4) is 0 Å². The van der Waals surface area contributed by atoms with Crippen molar-refractivity contribution in [3.63, 3.8) is 0 Å². The molecule has 0 saturated carbocycles. The molecule has 0 fully saturated rings. The maximum Gasteiger partial charge on any atom is 0.156 e. The molecular formula is C8H16N2O2S2. The van der Waals surface area contributed by atoms with E-state index in [4.69, 9.17) is 0 Å². The second-order valence-electron chi connectivity index (χ2n) is 3.05. The van der Waals surface area contributed by atoms with E-state index in [-0.39, 0.29) is 11.5 Å². The SMILES string of the molecule is CCS(=O)(=O)CCNC1=NCCCS1. The maximum absolute atomic E-state index is 11.2. The molecule has 4 nitrogen and oxygen atoms in total. The molecule has 0 atom stereocenters. The fourth-order valence-electron chi connectivity index (χ4n) is 1.02. The van der Waals surface area contributed by atoms with Gasteiger partial charge in [-0.2, -0.15) is 0 Å². The predicted octanol–water partition coefficient (Wildman–Crippen LogP) is 0.504. The molecule has 0 radical (unpaired) electrons. The van der Waals surface area contributed by atoms with Crippen molar-refractivity contribution in [2.45, 2.75) is 13.3 Å². The summed E-state index contributed by atoms with van der Waals surface area (Å²) < 4.78 is 22.3. The van der Waals surface area contributed by atoms with E-state index in [1.807, 2.05) is 0 Å². The molecule has 0 saturated heterocycles. The number of hydrogen-bond acceptors (Lipinski definition) is 5. The molecule has 82 valence electrons. The van der Waals surface area contributed by atoms with Crippen molar-refractivity contribution in [2.24, 2.45) is 4.99 Å². The number of nitrogens with one attached hydrogen (secondary N) is 1. The Kier molecular flexibility index (Phi) is 4.74. The monoisotopic (exact) mass is 236 g/mol. The second kappa shape index (κ2) is 5.60. The van der Waals surface area contributed by atoms with Crippen LogP contribution in [0.1, 0.15) is 13.3 Å². The first-order valence-electron chi connectivity index (χ1n) is 4.75. The maximum atomic E-state index is 11.2. The van der Waals surface area contributed by atoms with Gasteiger partial charge < -0.3 is 5.32 Å². The standard InChI is InChI=1S/C8H16N2O2S2/c1-2-14(11,12)7-5-10-8-9-4-3-6-13-8/h2-7H2,1H3,(H,9,10). The van der Waals surface area contributed by atoms with E-state index in [0.29, 0.717) is 6.54 Å². The summed E-state index contributed by atoms with van der Waals surface area (Å²) in [5.74, 6) is 1.49. The summed E-state index contributed by atoms with van der Waals surface area (Å²) in [6.07, 6.45) is 1.11. The van der Waals surface area contributed by atoms with Crippen molar-refractivity contribution in [1.82, 2.24) is 5.32 Å². The zero-order valence-electron chi connectivity index (χ0n) is 8.32. The molecule has 0 unspecified atom stereocenters. The van der Waals surface area contributed by atoms with Crippen molar-refractivity contribution in [2.75, 3.05) is 30.3 Å². The lowest BCUT2D eigenvalue weighted by atomic mass is 10.5. The van der Waals surface area contributed by atoms with E-state index >= 15 is 0 Å². The molecule has 1 aliphatic heterocycles. The van der Waals surface area contributed by atoms with Crippen LogP contribution in [-0.2, 0) is 9.84 Å². The van der Waals surface area contributed by atoms with Crippen LogP contribution in [0.4, 0.5) is 0 Å². The average Bonchev–Trinajstić information content (AvgIpc) is 2.19. The van der Waals surface area contributed by atoms with Gasteiger partial charge in [0.15, 0.2) is 15.0 Å². The summed E-state index contributed by atoms with van der Waals surface area (Å²) in [4.78, 5) is 4.25. The fourth-order valence-corrected chi connectivity index (χ4v) is 2.58. The highest BCUT2D eigenvalue weighted by Gasteiger charge is 2.09. The minimum absolute atomic E-state index is 0.197. The number of rotatable bonds is 4. The van der Waals surface area contributed by atoms with Crippen LogP contribution >= 0.6 is 11.8 Å². The smallest absolute Gasteiger partial charge is 0.156 e. The van der Waals surface area contributed by atoms with E-state index < -0.39 is 9.84 Å². The number of sulfone groups is 1. The van der Waals surface area contributed by atoms with E-state index in [1.165, 1.54) is 0 Å². The minimum atomic E-state index is -2.85. The van der Waals surface area contributed by atoms with Gasteiger partial charge in [-0.15, -0.1) is 0 Å². The number of hydrogen-bond donors (Lipinski definition) is 1. The normalized spacial score (nSPS) is 17.6. The van der Waals surface area contributed by atoms with Crippen LogP contribution in [0.5, 0.6) is 0 Å². The minimum Gasteiger partial charge on any atom is -0.364 e. The van der Waals surface area contributed by atoms with Gasteiger partial charge >= 0.3 is 0 Å². The van der Waals surface area contributed by atoms with Gasteiger partial charge in [0, 0.05) is 24.6 Å². The molecule has 0 spiro atoms. The molecule has 0 aliphatic carbocycles. The highest BCUT2D eigenvalue weighted by molar-refractivity contribution is 8.13. The Morgan fingerprint density at radius 3 is 2.93 bits per heavy atom. The van der Waals surface area contributed by atoms with E-state index in [1.54, 1.807) is 18.7 Å². The summed E-state index contributed by atoms with van der Waals surface area (Å²) in [6.45, 7) is 3.00. The third-order valence-electron chi connectivity index (χ3n) is 1.93. The molecule has 0 aromatic rings. The lowest BCUT2D eigenvalue weighted by Crippen LogP contribution is -2.29. The molecule has 1 rings (SSSR count). The third-order valence-corrected chi connectivity index (χ3v) is 4.67. The van der Waals surface area contributed by atoms with Gasteiger partial charge in [0.1, 0.15) is 0 Å². The quantitative estimate of drug-likeness (QED) is 0.772. The molecular weight excluding hydrogens is 220 g/mol. The summed E-state index contributed by atoms with van der Waals surface area (Å²) in [5, 5.41) is 3.94. The van der Waals surface area contributed by atoms with Crippen molar-refractivity contribution < 1.29 is 8.42 Å². The van der Waals surface area contributed by atoms with E-state index in [9.17, 15) is 8.42 Å². The molecule has 1 N–H and O–H groups in total. The van der Waals surface area contributed by atoms with Crippen molar-refractivity contribution in [1.29, 1.82) is 0 Å². The van der Waals surface area contributed by atoms with E-state index in [2.05, 4.69) is 10.3 Å². The lowest BCUT2D eigenvalue weighted by molar-refractivity contribution is 0.596. The highest BCUT2D eigenvalue weighted by Crippen LogP contribution is 2.09. The third kappa shape index (κ3) is 4.32. The van der Waals surface area contributed by atoms with Gasteiger partial charge in [0.2, 0.25) is 0 Å². The number of thioether (sulfide) groups is 1. The van der Waals surface area contributed by atoms with Crippen molar-refractivity contribution in [3.05, 3.63) is 0 Å². The Balaban J connectivity index is 2.24. The molecule has 0 amide bonds. The molecule has 1 aliphatic rings. The fraction of sp³-hybridized carbons (Fsp3) is 0.875. The van der Waals surface area contributed by atoms with Crippen LogP contribution in [0.25, 0.3) is 0 Å². The lowest BCUT2D eigenvalue weighted by Gasteiger charge is -2.12. The number of amidine groups is 1. The van der Waals surface area contributed by atoms with E-state index in [0.717, 1.165) is 23.9 Å². The average molecular weight is 236 g/mol. The second-order valence-corrected chi connectivity index (χ2v) is 6.61.